The highest BCUT2D eigenvalue weighted by atomic mass is 127. The quantitative estimate of drug-likeness (QED) is 0.649. The van der Waals surface area contributed by atoms with Crippen molar-refractivity contribution >= 4 is 39.6 Å². The Hall–Kier alpha value is -0.620. The van der Waals surface area contributed by atoms with E-state index >= 15 is 0 Å². The van der Waals surface area contributed by atoms with Gasteiger partial charge in [-0.05, 0) is 34.7 Å². The van der Waals surface area contributed by atoms with Gasteiger partial charge >= 0.3 is 0 Å². The van der Waals surface area contributed by atoms with E-state index in [1.165, 1.54) is 2.88 Å². The molecule has 1 heterocycles. The van der Waals surface area contributed by atoms with Crippen LogP contribution in [0.25, 0.3) is 10.6 Å². The van der Waals surface area contributed by atoms with Crippen molar-refractivity contribution in [2.24, 2.45) is 0 Å². The lowest BCUT2D eigenvalue weighted by molar-refractivity contribution is 1.41. The first-order valence-corrected chi connectivity index (χ1v) is 5.62. The molecule has 0 atom stereocenters. The van der Waals surface area contributed by atoms with Crippen LogP contribution >= 0.6 is 33.9 Å². The summed E-state index contributed by atoms with van der Waals surface area (Å²) in [6.07, 6.45) is 1.86. The standard InChI is InChI=1S/C9H7IN2S/c10-8-5-12-9(13-8)6-2-1-3-7(11)4-6/h1-5H,11H2. The minimum Gasteiger partial charge on any atom is -0.399 e. The number of nitrogens with two attached hydrogens (primary N) is 1. The molecule has 2 rings (SSSR count). The van der Waals surface area contributed by atoms with Crippen LogP contribution in [0.2, 0.25) is 0 Å². The van der Waals surface area contributed by atoms with Crippen LogP contribution in [0.5, 0.6) is 0 Å². The monoisotopic (exact) mass is 302 g/mol. The molecule has 0 spiro atoms. The first-order valence-electron chi connectivity index (χ1n) is 3.73. The molecule has 0 amide bonds. The van der Waals surface area contributed by atoms with Crippen molar-refractivity contribution in [2.75, 3.05) is 5.73 Å². The summed E-state index contributed by atoms with van der Waals surface area (Å²) in [6, 6.07) is 7.78. The fraction of sp³-hybridized carbons (Fsp3) is 0. The van der Waals surface area contributed by atoms with Gasteiger partial charge in [-0.2, -0.15) is 0 Å². The first-order chi connectivity index (χ1) is 6.25. The lowest BCUT2D eigenvalue weighted by Crippen LogP contribution is -1.84. The molecule has 4 heteroatoms. The summed E-state index contributed by atoms with van der Waals surface area (Å²) in [6.45, 7) is 0. The SMILES string of the molecule is Nc1cccc(-c2ncc(I)s2)c1. The summed E-state index contributed by atoms with van der Waals surface area (Å²) in [5.74, 6) is 0. The molecule has 0 saturated carbocycles. The van der Waals surface area contributed by atoms with Gasteiger partial charge in [0.25, 0.3) is 0 Å². The van der Waals surface area contributed by atoms with E-state index in [0.717, 1.165) is 16.3 Å². The van der Waals surface area contributed by atoms with Crippen LogP contribution in [0.3, 0.4) is 0 Å². The van der Waals surface area contributed by atoms with Gasteiger partial charge in [-0.1, -0.05) is 12.1 Å². The Bertz CT molecular complexity index is 425. The van der Waals surface area contributed by atoms with Crippen molar-refractivity contribution < 1.29 is 0 Å². The van der Waals surface area contributed by atoms with Gasteiger partial charge in [-0.3, -0.25) is 0 Å². The fourth-order valence-electron chi connectivity index (χ4n) is 1.06. The average molecular weight is 302 g/mol. The Morgan fingerprint density at radius 1 is 1.38 bits per heavy atom. The third kappa shape index (κ3) is 2.00. The molecule has 13 heavy (non-hydrogen) atoms. The van der Waals surface area contributed by atoms with Gasteiger partial charge in [0.1, 0.15) is 5.01 Å². The van der Waals surface area contributed by atoms with E-state index in [1.807, 2.05) is 30.5 Å². The third-order valence-corrected chi connectivity index (χ3v) is 3.39. The van der Waals surface area contributed by atoms with Crippen molar-refractivity contribution in [3.8, 4) is 10.6 Å². The summed E-state index contributed by atoms with van der Waals surface area (Å²) in [4.78, 5) is 4.28. The Labute approximate surface area is 94.0 Å². The molecule has 1 aromatic heterocycles. The lowest BCUT2D eigenvalue weighted by atomic mass is 10.2. The van der Waals surface area contributed by atoms with Crippen molar-refractivity contribution in [3.05, 3.63) is 33.3 Å². The highest BCUT2D eigenvalue weighted by Gasteiger charge is 2.02. The molecule has 0 fully saturated rings. The molecular weight excluding hydrogens is 295 g/mol. The second kappa shape index (κ2) is 3.63. The number of rotatable bonds is 1. The van der Waals surface area contributed by atoms with E-state index in [2.05, 4.69) is 27.6 Å². The molecule has 2 N–H and O–H groups in total. The molecule has 0 aliphatic rings. The average Bonchev–Trinajstić information content (AvgIpc) is 2.52. The number of nitrogen functional groups attached to an aromatic ring is 1. The van der Waals surface area contributed by atoms with E-state index in [-0.39, 0.29) is 0 Å². The zero-order valence-electron chi connectivity index (χ0n) is 6.70. The van der Waals surface area contributed by atoms with Crippen LogP contribution in [-0.2, 0) is 0 Å². The zero-order valence-corrected chi connectivity index (χ0v) is 9.67. The number of thiazole rings is 1. The lowest BCUT2D eigenvalue weighted by Gasteiger charge is -1.96. The minimum absolute atomic E-state index is 0.780. The molecule has 0 aliphatic carbocycles. The van der Waals surface area contributed by atoms with E-state index in [9.17, 15) is 0 Å². The van der Waals surface area contributed by atoms with Gasteiger partial charge in [0, 0.05) is 11.3 Å². The van der Waals surface area contributed by atoms with E-state index in [1.54, 1.807) is 11.3 Å². The second-order valence-corrected chi connectivity index (χ2v) is 5.52. The van der Waals surface area contributed by atoms with Crippen LogP contribution in [0.4, 0.5) is 5.69 Å². The maximum atomic E-state index is 5.68. The Morgan fingerprint density at radius 2 is 2.23 bits per heavy atom. The van der Waals surface area contributed by atoms with Crippen LogP contribution in [0.1, 0.15) is 0 Å². The Balaban J connectivity index is 2.46. The highest BCUT2D eigenvalue weighted by molar-refractivity contribution is 14.1. The van der Waals surface area contributed by atoms with Crippen molar-refractivity contribution in [1.82, 2.24) is 4.98 Å². The van der Waals surface area contributed by atoms with Crippen LogP contribution in [-0.4, -0.2) is 4.98 Å². The molecule has 2 aromatic rings. The molecular formula is C9H7IN2S. The smallest absolute Gasteiger partial charge is 0.124 e. The molecule has 0 aliphatic heterocycles. The van der Waals surface area contributed by atoms with Crippen molar-refractivity contribution in [1.29, 1.82) is 0 Å². The zero-order chi connectivity index (χ0) is 9.26. The highest BCUT2D eigenvalue weighted by Crippen LogP contribution is 2.26. The molecule has 2 nitrogen and oxygen atoms in total. The molecule has 0 saturated heterocycles. The van der Waals surface area contributed by atoms with Crippen molar-refractivity contribution in [3.63, 3.8) is 0 Å². The summed E-state index contributed by atoms with van der Waals surface area (Å²) >= 11 is 3.93. The summed E-state index contributed by atoms with van der Waals surface area (Å²) in [5.41, 5.74) is 7.55. The largest absolute Gasteiger partial charge is 0.399 e. The van der Waals surface area contributed by atoms with E-state index in [0.29, 0.717) is 0 Å². The number of benzene rings is 1. The normalized spacial score (nSPS) is 10.2. The third-order valence-electron chi connectivity index (χ3n) is 1.61. The number of aromatic nitrogens is 1. The Morgan fingerprint density at radius 3 is 2.85 bits per heavy atom. The molecule has 66 valence electrons. The number of nitrogens with zero attached hydrogens (tertiary/aromatic N) is 1. The fourth-order valence-corrected chi connectivity index (χ4v) is 2.46. The van der Waals surface area contributed by atoms with Crippen molar-refractivity contribution in [2.45, 2.75) is 0 Å². The number of halogens is 1. The van der Waals surface area contributed by atoms with Gasteiger partial charge in [-0.25, -0.2) is 4.98 Å². The molecule has 0 unspecified atom stereocenters. The van der Waals surface area contributed by atoms with Gasteiger partial charge < -0.3 is 5.73 Å². The predicted octanol–water partition coefficient (Wildman–Crippen LogP) is 3.00. The molecule has 0 radical (unpaired) electrons. The van der Waals surface area contributed by atoms with Gasteiger partial charge in [0.2, 0.25) is 0 Å². The minimum atomic E-state index is 0.780. The van der Waals surface area contributed by atoms with Gasteiger partial charge in [0.15, 0.2) is 0 Å². The maximum absolute atomic E-state index is 5.68. The van der Waals surface area contributed by atoms with Gasteiger partial charge in [0.05, 0.1) is 9.08 Å². The molecule has 0 bridgehead atoms. The molecule has 1 aromatic carbocycles. The van der Waals surface area contributed by atoms with E-state index < -0.39 is 0 Å². The van der Waals surface area contributed by atoms with Gasteiger partial charge in [-0.15, -0.1) is 11.3 Å². The van der Waals surface area contributed by atoms with Crippen LogP contribution in [0.15, 0.2) is 30.5 Å². The summed E-state index contributed by atoms with van der Waals surface area (Å²) in [7, 11) is 0. The van der Waals surface area contributed by atoms with E-state index in [4.69, 9.17) is 5.73 Å². The summed E-state index contributed by atoms with van der Waals surface area (Å²) < 4.78 is 1.19. The Kier molecular flexibility index (Phi) is 2.50. The topological polar surface area (TPSA) is 38.9 Å². The predicted molar refractivity (Wildman–Crippen MR) is 64.7 cm³/mol. The number of hydrogen-bond donors (Lipinski definition) is 1. The number of hydrogen-bond acceptors (Lipinski definition) is 3. The number of anilines is 1. The van der Waals surface area contributed by atoms with Crippen LogP contribution in [0, 0.1) is 2.88 Å². The second-order valence-electron chi connectivity index (χ2n) is 2.59. The first kappa shape index (κ1) is 8.96. The maximum Gasteiger partial charge on any atom is 0.124 e. The summed E-state index contributed by atoms with van der Waals surface area (Å²) in [5, 5.41) is 1.02. The van der Waals surface area contributed by atoms with Crippen LogP contribution < -0.4 is 5.73 Å².